The minimum Gasteiger partial charge on any atom is -0.323 e. The number of nitrogens with one attached hydrogen (secondary N) is 1. The summed E-state index contributed by atoms with van der Waals surface area (Å²) in [5.74, 6) is 1.01. The van der Waals surface area contributed by atoms with Crippen LogP contribution in [-0.2, 0) is 4.79 Å². The van der Waals surface area contributed by atoms with E-state index in [1.54, 1.807) is 0 Å². The van der Waals surface area contributed by atoms with E-state index in [1.807, 2.05) is 0 Å². The SMILES string of the molecule is CCCC(CC)N1C(=O)C2(CC2)NC1CC(C)C. The van der Waals surface area contributed by atoms with Crippen molar-refractivity contribution in [2.24, 2.45) is 5.92 Å². The highest BCUT2D eigenvalue weighted by atomic mass is 16.2. The molecule has 2 fully saturated rings. The van der Waals surface area contributed by atoms with Crippen LogP contribution in [0.15, 0.2) is 0 Å². The molecule has 1 saturated carbocycles. The Hall–Kier alpha value is -0.570. The van der Waals surface area contributed by atoms with E-state index < -0.39 is 0 Å². The van der Waals surface area contributed by atoms with Gasteiger partial charge in [0.2, 0.25) is 5.91 Å². The zero-order chi connectivity index (χ0) is 13.3. The Morgan fingerprint density at radius 3 is 2.50 bits per heavy atom. The highest BCUT2D eigenvalue weighted by Crippen LogP contribution is 2.44. The molecule has 2 atom stereocenters. The third-order valence-electron chi connectivity index (χ3n) is 4.35. The smallest absolute Gasteiger partial charge is 0.244 e. The molecule has 0 radical (unpaired) electrons. The zero-order valence-electron chi connectivity index (χ0n) is 12.3. The molecule has 0 aromatic heterocycles. The fourth-order valence-corrected chi connectivity index (χ4v) is 3.23. The Morgan fingerprint density at radius 2 is 2.06 bits per heavy atom. The van der Waals surface area contributed by atoms with Gasteiger partial charge in [0.25, 0.3) is 0 Å². The van der Waals surface area contributed by atoms with Gasteiger partial charge >= 0.3 is 0 Å². The second kappa shape index (κ2) is 5.20. The first-order chi connectivity index (χ1) is 8.54. The van der Waals surface area contributed by atoms with Gasteiger partial charge in [0, 0.05) is 6.04 Å². The van der Waals surface area contributed by atoms with Gasteiger partial charge in [-0.2, -0.15) is 0 Å². The van der Waals surface area contributed by atoms with Gasteiger partial charge in [0.15, 0.2) is 0 Å². The maximum atomic E-state index is 12.6. The van der Waals surface area contributed by atoms with Crippen LogP contribution in [0, 0.1) is 5.92 Å². The summed E-state index contributed by atoms with van der Waals surface area (Å²) < 4.78 is 0. The van der Waals surface area contributed by atoms with Gasteiger partial charge in [0.05, 0.1) is 11.7 Å². The highest BCUT2D eigenvalue weighted by Gasteiger charge is 2.59. The molecule has 0 bridgehead atoms. The molecule has 104 valence electrons. The summed E-state index contributed by atoms with van der Waals surface area (Å²) in [6.07, 6.45) is 6.80. The van der Waals surface area contributed by atoms with Gasteiger partial charge in [-0.15, -0.1) is 0 Å². The first-order valence-electron chi connectivity index (χ1n) is 7.64. The van der Waals surface area contributed by atoms with Crippen LogP contribution < -0.4 is 5.32 Å². The van der Waals surface area contributed by atoms with Crippen molar-refractivity contribution in [1.82, 2.24) is 10.2 Å². The number of rotatable bonds is 6. The largest absolute Gasteiger partial charge is 0.323 e. The lowest BCUT2D eigenvalue weighted by Crippen LogP contribution is -2.45. The van der Waals surface area contributed by atoms with E-state index in [1.165, 1.54) is 0 Å². The second-order valence-electron chi connectivity index (χ2n) is 6.43. The van der Waals surface area contributed by atoms with Crippen molar-refractivity contribution in [2.75, 3.05) is 0 Å². The Bertz CT molecular complexity index is 310. The predicted molar refractivity (Wildman–Crippen MR) is 74.2 cm³/mol. The molecule has 1 saturated heterocycles. The van der Waals surface area contributed by atoms with E-state index in [0.29, 0.717) is 17.9 Å². The molecule has 1 N–H and O–H groups in total. The zero-order valence-corrected chi connectivity index (χ0v) is 12.3. The van der Waals surface area contributed by atoms with Gasteiger partial charge in [0.1, 0.15) is 0 Å². The van der Waals surface area contributed by atoms with Crippen LogP contribution >= 0.6 is 0 Å². The van der Waals surface area contributed by atoms with E-state index in [-0.39, 0.29) is 11.7 Å². The van der Waals surface area contributed by atoms with Gasteiger partial charge in [-0.05, 0) is 38.0 Å². The maximum absolute atomic E-state index is 12.6. The second-order valence-corrected chi connectivity index (χ2v) is 6.43. The molecule has 1 aliphatic carbocycles. The minimum atomic E-state index is -0.152. The molecule has 1 heterocycles. The normalized spacial score (nSPS) is 27.3. The number of hydrogen-bond acceptors (Lipinski definition) is 2. The van der Waals surface area contributed by atoms with E-state index in [2.05, 4.69) is 37.9 Å². The summed E-state index contributed by atoms with van der Waals surface area (Å²) in [6.45, 7) is 8.89. The predicted octanol–water partition coefficient (Wildman–Crippen LogP) is 2.90. The molecular weight excluding hydrogens is 224 g/mol. The molecule has 2 aliphatic rings. The summed E-state index contributed by atoms with van der Waals surface area (Å²) >= 11 is 0. The molecule has 2 unspecified atom stereocenters. The lowest BCUT2D eigenvalue weighted by atomic mass is 10.0. The van der Waals surface area contributed by atoms with Gasteiger partial charge in [-0.1, -0.05) is 34.1 Å². The quantitative estimate of drug-likeness (QED) is 0.788. The van der Waals surface area contributed by atoms with Crippen LogP contribution in [0.5, 0.6) is 0 Å². The van der Waals surface area contributed by atoms with Crippen molar-refractivity contribution < 1.29 is 4.79 Å². The molecule has 0 aromatic carbocycles. The Kier molecular flexibility index (Phi) is 4.00. The van der Waals surface area contributed by atoms with Crippen LogP contribution in [0.1, 0.15) is 66.2 Å². The Labute approximate surface area is 111 Å². The summed E-state index contributed by atoms with van der Waals surface area (Å²) in [5.41, 5.74) is -0.152. The molecule has 1 spiro atoms. The van der Waals surface area contributed by atoms with Gasteiger partial charge < -0.3 is 4.90 Å². The van der Waals surface area contributed by atoms with Crippen molar-refractivity contribution in [2.45, 2.75) is 84.0 Å². The van der Waals surface area contributed by atoms with Crippen molar-refractivity contribution in [1.29, 1.82) is 0 Å². The van der Waals surface area contributed by atoms with Crippen LogP contribution in [-0.4, -0.2) is 28.6 Å². The number of nitrogens with zero attached hydrogens (tertiary/aromatic N) is 1. The van der Waals surface area contributed by atoms with Gasteiger partial charge in [-0.3, -0.25) is 10.1 Å². The molecule has 3 nitrogen and oxygen atoms in total. The maximum Gasteiger partial charge on any atom is 0.244 e. The van der Waals surface area contributed by atoms with Crippen molar-refractivity contribution in [3.8, 4) is 0 Å². The van der Waals surface area contributed by atoms with E-state index in [0.717, 1.165) is 38.5 Å². The van der Waals surface area contributed by atoms with E-state index in [4.69, 9.17) is 0 Å². The average molecular weight is 252 g/mol. The van der Waals surface area contributed by atoms with Crippen molar-refractivity contribution in [3.63, 3.8) is 0 Å². The summed E-state index contributed by atoms with van der Waals surface area (Å²) in [6, 6.07) is 0.429. The number of carbonyl (C=O) groups excluding carboxylic acids is 1. The summed E-state index contributed by atoms with van der Waals surface area (Å²) in [4.78, 5) is 14.8. The van der Waals surface area contributed by atoms with E-state index >= 15 is 0 Å². The minimum absolute atomic E-state index is 0.152. The molecule has 3 heteroatoms. The Balaban J connectivity index is 2.14. The van der Waals surface area contributed by atoms with Crippen LogP contribution in [0.25, 0.3) is 0 Å². The van der Waals surface area contributed by atoms with Crippen LogP contribution in [0.4, 0.5) is 0 Å². The van der Waals surface area contributed by atoms with Crippen molar-refractivity contribution in [3.05, 3.63) is 0 Å². The highest BCUT2D eigenvalue weighted by molar-refractivity contribution is 5.92. The molecule has 2 rings (SSSR count). The lowest BCUT2D eigenvalue weighted by molar-refractivity contribution is -0.133. The lowest BCUT2D eigenvalue weighted by Gasteiger charge is -2.33. The molecule has 1 aliphatic heterocycles. The third kappa shape index (κ3) is 2.42. The van der Waals surface area contributed by atoms with Crippen molar-refractivity contribution >= 4 is 5.91 Å². The van der Waals surface area contributed by atoms with Gasteiger partial charge in [-0.25, -0.2) is 0 Å². The molecule has 1 amide bonds. The summed E-state index contributed by atoms with van der Waals surface area (Å²) in [7, 11) is 0. The third-order valence-corrected chi connectivity index (χ3v) is 4.35. The first kappa shape index (κ1) is 13.9. The van der Waals surface area contributed by atoms with E-state index in [9.17, 15) is 4.79 Å². The fourth-order valence-electron chi connectivity index (χ4n) is 3.23. The summed E-state index contributed by atoms with van der Waals surface area (Å²) in [5, 5.41) is 3.62. The number of hydrogen-bond donors (Lipinski definition) is 1. The molecular formula is C15H28N2O. The molecule has 18 heavy (non-hydrogen) atoms. The fraction of sp³-hybridized carbons (Fsp3) is 0.933. The molecule has 0 aromatic rings. The van der Waals surface area contributed by atoms with Crippen LogP contribution in [0.2, 0.25) is 0 Å². The Morgan fingerprint density at radius 1 is 1.39 bits per heavy atom. The topological polar surface area (TPSA) is 32.3 Å². The first-order valence-corrected chi connectivity index (χ1v) is 7.64. The standard InChI is InChI=1S/C15H28N2O/c1-5-7-12(6-2)17-13(10-11(3)4)16-15(8-9-15)14(17)18/h11-13,16H,5-10H2,1-4H3. The monoisotopic (exact) mass is 252 g/mol. The number of amides is 1. The number of carbonyl (C=O) groups is 1. The van der Waals surface area contributed by atoms with Crippen LogP contribution in [0.3, 0.4) is 0 Å². The average Bonchev–Trinajstić information content (AvgIpc) is 3.02.